The number of rotatable bonds is 4. The van der Waals surface area contributed by atoms with E-state index in [0.717, 1.165) is 19.3 Å². The van der Waals surface area contributed by atoms with E-state index in [-0.39, 0.29) is 12.1 Å². The Morgan fingerprint density at radius 1 is 1.21 bits per heavy atom. The molecular formula is C17H20N4O3. The minimum Gasteiger partial charge on any atom is -0.368 e. The fourth-order valence-corrected chi connectivity index (χ4v) is 3.32. The summed E-state index contributed by atoms with van der Waals surface area (Å²) >= 11 is 0. The summed E-state index contributed by atoms with van der Waals surface area (Å²) in [6, 6.07) is 7.11. The molecule has 1 heterocycles. The molecule has 0 spiro atoms. The maximum Gasteiger partial charge on any atom is 0.269 e. The summed E-state index contributed by atoms with van der Waals surface area (Å²) < 4.78 is 1.36. The lowest BCUT2D eigenvalue weighted by Crippen LogP contribution is -2.59. The number of nitrogens with two attached hydrogens (primary N) is 1. The normalized spacial score (nSPS) is 16.7. The number of fused-ring (bicyclic) bond motifs is 1. The van der Waals surface area contributed by atoms with Crippen molar-refractivity contribution in [1.29, 1.82) is 0 Å². The minimum absolute atomic E-state index is 0.170. The molecule has 7 nitrogen and oxygen atoms in total. The molecule has 0 unspecified atom stereocenters. The Kier molecular flexibility index (Phi) is 4.33. The Morgan fingerprint density at radius 2 is 1.92 bits per heavy atom. The number of carbonyl (C=O) groups excluding carboxylic acids is 2. The van der Waals surface area contributed by atoms with Crippen LogP contribution >= 0.6 is 0 Å². The van der Waals surface area contributed by atoms with Crippen molar-refractivity contribution in [1.82, 2.24) is 14.9 Å². The standard InChI is InChI=1S/C17H20N4O3/c18-16(24)17(8-4-1-5-9-17)20-14(22)11-21-13-7-3-2-6-12(13)19-10-15(21)23/h2-3,6-7,10H,1,4-5,8-9,11H2,(H2,18,24)(H,20,22). The summed E-state index contributed by atoms with van der Waals surface area (Å²) in [4.78, 5) is 40.5. The maximum absolute atomic E-state index is 12.5. The molecule has 1 aliphatic rings. The molecule has 0 saturated heterocycles. The lowest BCUT2D eigenvalue weighted by molar-refractivity contribution is -0.133. The zero-order valence-electron chi connectivity index (χ0n) is 13.3. The van der Waals surface area contributed by atoms with Gasteiger partial charge in [0, 0.05) is 0 Å². The van der Waals surface area contributed by atoms with E-state index < -0.39 is 17.4 Å². The van der Waals surface area contributed by atoms with E-state index in [1.807, 2.05) is 6.07 Å². The fourth-order valence-electron chi connectivity index (χ4n) is 3.32. The number of primary amides is 1. The summed E-state index contributed by atoms with van der Waals surface area (Å²) in [5.41, 5.74) is 5.39. The van der Waals surface area contributed by atoms with Crippen molar-refractivity contribution >= 4 is 22.8 Å². The van der Waals surface area contributed by atoms with Crippen LogP contribution in [0.5, 0.6) is 0 Å². The number of hydrogen-bond acceptors (Lipinski definition) is 4. The molecule has 2 amide bonds. The minimum atomic E-state index is -0.998. The third-order valence-corrected chi connectivity index (χ3v) is 4.61. The van der Waals surface area contributed by atoms with Crippen LogP contribution in [0.25, 0.3) is 11.0 Å². The number of benzene rings is 1. The molecule has 7 heteroatoms. The number of para-hydroxylation sites is 2. The Hall–Kier alpha value is -2.70. The van der Waals surface area contributed by atoms with Crippen LogP contribution in [0.4, 0.5) is 0 Å². The van der Waals surface area contributed by atoms with Gasteiger partial charge in [0.25, 0.3) is 5.56 Å². The first-order valence-electron chi connectivity index (χ1n) is 8.07. The predicted molar refractivity (Wildman–Crippen MR) is 89.2 cm³/mol. The second kappa shape index (κ2) is 6.43. The van der Waals surface area contributed by atoms with Crippen molar-refractivity contribution in [2.24, 2.45) is 5.73 Å². The Balaban J connectivity index is 1.86. The van der Waals surface area contributed by atoms with Gasteiger partial charge in [-0.3, -0.25) is 19.0 Å². The average Bonchev–Trinajstić information content (AvgIpc) is 2.58. The fraction of sp³-hybridized carbons (Fsp3) is 0.412. The van der Waals surface area contributed by atoms with Gasteiger partial charge >= 0.3 is 0 Å². The van der Waals surface area contributed by atoms with Crippen molar-refractivity contribution in [2.75, 3.05) is 0 Å². The van der Waals surface area contributed by atoms with E-state index >= 15 is 0 Å². The number of nitrogens with zero attached hydrogens (tertiary/aromatic N) is 2. The smallest absolute Gasteiger partial charge is 0.269 e. The molecule has 1 saturated carbocycles. The molecule has 0 radical (unpaired) electrons. The van der Waals surface area contributed by atoms with Crippen LogP contribution in [0.2, 0.25) is 0 Å². The van der Waals surface area contributed by atoms with Crippen LogP contribution < -0.4 is 16.6 Å². The van der Waals surface area contributed by atoms with Gasteiger partial charge in [-0.25, -0.2) is 4.98 Å². The highest BCUT2D eigenvalue weighted by Gasteiger charge is 2.39. The van der Waals surface area contributed by atoms with Crippen molar-refractivity contribution in [3.05, 3.63) is 40.8 Å². The van der Waals surface area contributed by atoms with Crippen LogP contribution in [0.15, 0.2) is 35.3 Å². The Labute approximate surface area is 138 Å². The molecule has 1 aliphatic carbocycles. The van der Waals surface area contributed by atoms with Gasteiger partial charge in [0.15, 0.2) is 0 Å². The molecule has 1 aromatic carbocycles. The van der Waals surface area contributed by atoms with Gasteiger partial charge in [-0.15, -0.1) is 0 Å². The lowest BCUT2D eigenvalue weighted by Gasteiger charge is -2.35. The highest BCUT2D eigenvalue weighted by molar-refractivity contribution is 5.90. The van der Waals surface area contributed by atoms with Gasteiger partial charge in [0.1, 0.15) is 12.1 Å². The van der Waals surface area contributed by atoms with Gasteiger partial charge in [0.05, 0.1) is 17.2 Å². The van der Waals surface area contributed by atoms with Crippen LogP contribution in [0.3, 0.4) is 0 Å². The first-order valence-corrected chi connectivity index (χ1v) is 8.07. The summed E-state index contributed by atoms with van der Waals surface area (Å²) in [6.45, 7) is -0.170. The van der Waals surface area contributed by atoms with Crippen LogP contribution in [-0.2, 0) is 16.1 Å². The summed E-state index contributed by atoms with van der Waals surface area (Å²) in [7, 11) is 0. The van der Waals surface area contributed by atoms with E-state index in [1.165, 1.54) is 10.8 Å². The van der Waals surface area contributed by atoms with Crippen molar-refractivity contribution in [3.63, 3.8) is 0 Å². The molecule has 0 atom stereocenters. The summed E-state index contributed by atoms with van der Waals surface area (Å²) in [5, 5.41) is 2.78. The first-order chi connectivity index (χ1) is 11.5. The van der Waals surface area contributed by atoms with E-state index in [1.54, 1.807) is 18.2 Å². The molecule has 3 N–H and O–H groups in total. The topological polar surface area (TPSA) is 107 Å². The van der Waals surface area contributed by atoms with Crippen molar-refractivity contribution in [3.8, 4) is 0 Å². The van der Waals surface area contributed by atoms with Gasteiger partial charge in [0.2, 0.25) is 11.8 Å². The lowest BCUT2D eigenvalue weighted by atomic mass is 9.81. The molecule has 24 heavy (non-hydrogen) atoms. The monoisotopic (exact) mass is 328 g/mol. The third-order valence-electron chi connectivity index (χ3n) is 4.61. The van der Waals surface area contributed by atoms with Gasteiger partial charge in [-0.1, -0.05) is 31.4 Å². The zero-order valence-corrected chi connectivity index (χ0v) is 13.3. The average molecular weight is 328 g/mol. The molecule has 1 aromatic heterocycles. The molecular weight excluding hydrogens is 308 g/mol. The van der Waals surface area contributed by atoms with Crippen LogP contribution in [0, 0.1) is 0 Å². The van der Waals surface area contributed by atoms with Crippen molar-refractivity contribution in [2.45, 2.75) is 44.2 Å². The highest BCUT2D eigenvalue weighted by Crippen LogP contribution is 2.28. The van der Waals surface area contributed by atoms with Gasteiger partial charge < -0.3 is 11.1 Å². The molecule has 1 fully saturated rings. The first kappa shape index (κ1) is 16.2. The van der Waals surface area contributed by atoms with Crippen molar-refractivity contribution < 1.29 is 9.59 Å². The largest absolute Gasteiger partial charge is 0.368 e. The quantitative estimate of drug-likeness (QED) is 0.861. The number of aromatic nitrogens is 2. The van der Waals surface area contributed by atoms with E-state index in [2.05, 4.69) is 10.3 Å². The second-order valence-corrected chi connectivity index (χ2v) is 6.23. The molecule has 126 valence electrons. The summed E-state index contributed by atoms with van der Waals surface area (Å²) in [6.07, 6.45) is 5.00. The number of nitrogens with one attached hydrogen (secondary N) is 1. The maximum atomic E-state index is 12.5. The van der Waals surface area contributed by atoms with E-state index in [4.69, 9.17) is 5.73 Å². The number of amides is 2. The third kappa shape index (κ3) is 3.02. The number of carbonyl (C=O) groups is 2. The zero-order chi connectivity index (χ0) is 17.2. The van der Waals surface area contributed by atoms with Crippen LogP contribution in [0.1, 0.15) is 32.1 Å². The molecule has 2 aromatic rings. The van der Waals surface area contributed by atoms with E-state index in [0.29, 0.717) is 23.9 Å². The SMILES string of the molecule is NC(=O)C1(NC(=O)Cn2c(=O)cnc3ccccc32)CCCCC1. The van der Waals surface area contributed by atoms with Crippen LogP contribution in [-0.4, -0.2) is 26.9 Å². The predicted octanol–water partition coefficient (Wildman–Crippen LogP) is 0.701. The number of hydrogen-bond donors (Lipinski definition) is 2. The summed E-state index contributed by atoms with van der Waals surface area (Å²) in [5.74, 6) is -0.906. The van der Waals surface area contributed by atoms with E-state index in [9.17, 15) is 14.4 Å². The molecule has 3 rings (SSSR count). The Bertz CT molecular complexity index is 837. The Morgan fingerprint density at radius 3 is 2.62 bits per heavy atom. The highest BCUT2D eigenvalue weighted by atomic mass is 16.2. The molecule has 0 bridgehead atoms. The second-order valence-electron chi connectivity index (χ2n) is 6.23. The van der Waals surface area contributed by atoms with Gasteiger partial charge in [-0.2, -0.15) is 0 Å². The van der Waals surface area contributed by atoms with Gasteiger partial charge in [-0.05, 0) is 25.0 Å². The molecule has 0 aliphatic heterocycles.